The Balaban J connectivity index is 2.26. The third-order valence-electron chi connectivity index (χ3n) is 3.78. The van der Waals surface area contributed by atoms with Crippen LogP contribution in [0.25, 0.3) is 0 Å². The van der Waals surface area contributed by atoms with E-state index in [1.165, 1.54) is 12.2 Å². The minimum absolute atomic E-state index is 0.202. The van der Waals surface area contributed by atoms with Gasteiger partial charge in [-0.05, 0) is 18.6 Å². The molecule has 0 spiro atoms. The molecule has 2 nitrogen and oxygen atoms in total. The third-order valence-corrected chi connectivity index (χ3v) is 6.24. The van der Waals surface area contributed by atoms with Gasteiger partial charge in [0.1, 0.15) is 0 Å². The van der Waals surface area contributed by atoms with Crippen LogP contribution < -0.4 is 0 Å². The second-order valence-electron chi connectivity index (χ2n) is 4.62. The van der Waals surface area contributed by atoms with E-state index in [-0.39, 0.29) is 28.1 Å². The van der Waals surface area contributed by atoms with Gasteiger partial charge in [0, 0.05) is 0 Å². The first kappa shape index (κ1) is 12.0. The van der Waals surface area contributed by atoms with E-state index in [1.54, 1.807) is 0 Å². The maximum atomic E-state index is 11.9. The van der Waals surface area contributed by atoms with Gasteiger partial charge in [-0.15, -0.1) is 23.2 Å². The van der Waals surface area contributed by atoms with Crippen LogP contribution in [0.2, 0.25) is 0 Å². The molecule has 2 bridgehead atoms. The summed E-state index contributed by atoms with van der Waals surface area (Å²) in [4.78, 5) is 21.6. The molecule has 1 saturated carbocycles. The summed E-state index contributed by atoms with van der Waals surface area (Å²) in [6, 6.07) is 0. The summed E-state index contributed by atoms with van der Waals surface area (Å²) in [6.45, 7) is 0. The Morgan fingerprint density at radius 1 is 0.941 bits per heavy atom. The third kappa shape index (κ3) is 1.20. The van der Waals surface area contributed by atoms with Crippen LogP contribution in [0.3, 0.4) is 0 Å². The topological polar surface area (TPSA) is 34.1 Å². The molecule has 0 aromatic heterocycles. The van der Waals surface area contributed by atoms with Gasteiger partial charge in [-0.2, -0.15) is 0 Å². The second-order valence-corrected chi connectivity index (χ2v) is 6.73. The first-order chi connectivity index (χ1) is 7.82. The van der Waals surface area contributed by atoms with Crippen molar-refractivity contribution >= 4 is 58.0 Å². The van der Waals surface area contributed by atoms with Crippen LogP contribution in [0, 0.1) is 11.8 Å². The van der Waals surface area contributed by atoms with E-state index >= 15 is 0 Å². The van der Waals surface area contributed by atoms with Crippen molar-refractivity contribution in [2.24, 2.45) is 11.8 Å². The SMILES string of the molecule is O=C1C=CC(=O)[C@H]2[C@@H]1[C@@]1(Cl)C[C@@]2(Cl)C(Cl)=C1Cl. The summed E-state index contributed by atoms with van der Waals surface area (Å²) >= 11 is 24.9. The zero-order valence-electron chi connectivity index (χ0n) is 8.34. The van der Waals surface area contributed by atoms with Gasteiger partial charge in [0.2, 0.25) is 0 Å². The molecule has 0 N–H and O–H groups in total. The fourth-order valence-electron chi connectivity index (χ4n) is 3.07. The van der Waals surface area contributed by atoms with Crippen LogP contribution in [0.15, 0.2) is 22.2 Å². The van der Waals surface area contributed by atoms with Crippen molar-refractivity contribution in [3.63, 3.8) is 0 Å². The lowest BCUT2D eigenvalue weighted by Crippen LogP contribution is -2.46. The van der Waals surface area contributed by atoms with Gasteiger partial charge in [0.05, 0.1) is 31.6 Å². The Morgan fingerprint density at radius 3 is 1.65 bits per heavy atom. The zero-order valence-corrected chi connectivity index (χ0v) is 11.4. The highest BCUT2D eigenvalue weighted by molar-refractivity contribution is 6.52. The van der Waals surface area contributed by atoms with Crippen LogP contribution >= 0.6 is 46.4 Å². The standard InChI is InChI=1S/C11H6Cl4O2/c12-8-9(13)11(15)3-10(8,14)6-4(16)1-2-5(17)7(6)11/h1-2,6-7H,3H2/t6-,7+,10-,11-/m0/s1. The van der Waals surface area contributed by atoms with Gasteiger partial charge in [0.25, 0.3) is 0 Å². The zero-order chi connectivity index (χ0) is 12.6. The molecule has 0 unspecified atom stereocenters. The highest BCUT2D eigenvalue weighted by atomic mass is 35.5. The quantitative estimate of drug-likeness (QED) is 0.645. The van der Waals surface area contributed by atoms with Crippen molar-refractivity contribution in [2.75, 3.05) is 0 Å². The molecule has 0 aromatic carbocycles. The van der Waals surface area contributed by atoms with Gasteiger partial charge in [-0.25, -0.2) is 0 Å². The average Bonchev–Trinajstić information content (AvgIpc) is 2.61. The Kier molecular flexibility index (Phi) is 2.33. The molecule has 0 aromatic rings. The molecular weight excluding hydrogens is 306 g/mol. The number of alkyl halides is 2. The fraction of sp³-hybridized carbons (Fsp3) is 0.455. The predicted octanol–water partition coefficient (Wildman–Crippen LogP) is 2.99. The van der Waals surface area contributed by atoms with E-state index in [2.05, 4.69) is 0 Å². The molecule has 0 radical (unpaired) electrons. The van der Waals surface area contributed by atoms with E-state index in [0.29, 0.717) is 0 Å². The molecule has 0 amide bonds. The summed E-state index contributed by atoms with van der Waals surface area (Å²) in [5.41, 5.74) is 0. The molecule has 0 saturated heterocycles. The minimum Gasteiger partial charge on any atom is -0.294 e. The number of ketones is 2. The van der Waals surface area contributed by atoms with Crippen molar-refractivity contribution in [1.29, 1.82) is 0 Å². The number of halogens is 4. The number of hydrogen-bond acceptors (Lipinski definition) is 2. The van der Waals surface area contributed by atoms with Crippen LogP contribution in [0.5, 0.6) is 0 Å². The first-order valence-corrected chi connectivity index (χ1v) is 6.53. The molecular formula is C11H6Cl4O2. The minimum atomic E-state index is -1.12. The summed E-state index contributed by atoms with van der Waals surface area (Å²) in [6.07, 6.45) is 2.70. The lowest BCUT2D eigenvalue weighted by atomic mass is 9.74. The largest absolute Gasteiger partial charge is 0.294 e. The van der Waals surface area contributed by atoms with E-state index < -0.39 is 21.6 Å². The summed E-state index contributed by atoms with van der Waals surface area (Å²) in [5.74, 6) is -1.83. The highest BCUT2D eigenvalue weighted by Gasteiger charge is 2.72. The van der Waals surface area contributed by atoms with E-state index in [9.17, 15) is 9.59 Å². The van der Waals surface area contributed by atoms with Crippen molar-refractivity contribution in [2.45, 2.75) is 16.2 Å². The molecule has 4 atom stereocenters. The monoisotopic (exact) mass is 310 g/mol. The molecule has 0 heterocycles. The Morgan fingerprint density at radius 2 is 1.29 bits per heavy atom. The number of carbonyl (C=O) groups excluding carboxylic acids is 2. The maximum Gasteiger partial charge on any atom is 0.161 e. The Labute approximate surface area is 118 Å². The number of allylic oxidation sites excluding steroid dienone is 4. The van der Waals surface area contributed by atoms with Gasteiger partial charge in [0.15, 0.2) is 11.6 Å². The normalized spacial score (nSPS) is 48.0. The Hall–Kier alpha value is -0.0200. The van der Waals surface area contributed by atoms with Crippen LogP contribution in [-0.4, -0.2) is 21.3 Å². The molecule has 1 fully saturated rings. The lowest BCUT2D eigenvalue weighted by molar-refractivity contribution is -0.128. The molecule has 3 rings (SSSR count). The first-order valence-electron chi connectivity index (χ1n) is 5.02. The number of carbonyl (C=O) groups is 2. The fourth-order valence-corrected chi connectivity index (χ4v) is 5.02. The molecule has 17 heavy (non-hydrogen) atoms. The smallest absolute Gasteiger partial charge is 0.161 e. The summed E-state index contributed by atoms with van der Waals surface area (Å²) < 4.78 is 0. The van der Waals surface area contributed by atoms with Crippen molar-refractivity contribution in [3.8, 4) is 0 Å². The Bertz CT molecular complexity index is 480. The predicted molar refractivity (Wildman–Crippen MR) is 66.7 cm³/mol. The van der Waals surface area contributed by atoms with Gasteiger partial charge < -0.3 is 0 Å². The van der Waals surface area contributed by atoms with Gasteiger partial charge >= 0.3 is 0 Å². The highest BCUT2D eigenvalue weighted by Crippen LogP contribution is 2.68. The van der Waals surface area contributed by atoms with Gasteiger partial charge in [-0.3, -0.25) is 9.59 Å². The molecule has 3 aliphatic rings. The second kappa shape index (κ2) is 3.30. The number of hydrogen-bond donors (Lipinski definition) is 0. The van der Waals surface area contributed by atoms with E-state index in [1.807, 2.05) is 0 Å². The molecule has 3 aliphatic carbocycles. The lowest BCUT2D eigenvalue weighted by Gasteiger charge is -2.36. The number of fused-ring (bicyclic) bond motifs is 5. The molecule has 0 aliphatic heterocycles. The molecule has 6 heteroatoms. The van der Waals surface area contributed by atoms with Crippen LogP contribution in [0.4, 0.5) is 0 Å². The average molecular weight is 312 g/mol. The van der Waals surface area contributed by atoms with Crippen molar-refractivity contribution in [3.05, 3.63) is 22.2 Å². The number of rotatable bonds is 0. The van der Waals surface area contributed by atoms with Crippen LogP contribution in [-0.2, 0) is 9.59 Å². The van der Waals surface area contributed by atoms with Crippen LogP contribution in [0.1, 0.15) is 6.42 Å². The van der Waals surface area contributed by atoms with Crippen molar-refractivity contribution < 1.29 is 9.59 Å². The van der Waals surface area contributed by atoms with Crippen molar-refractivity contribution in [1.82, 2.24) is 0 Å². The summed E-state index contributed by atoms with van der Waals surface area (Å²) in [5, 5.41) is 0.405. The van der Waals surface area contributed by atoms with E-state index in [0.717, 1.165) is 0 Å². The van der Waals surface area contributed by atoms with E-state index in [4.69, 9.17) is 46.4 Å². The van der Waals surface area contributed by atoms with Gasteiger partial charge in [-0.1, -0.05) is 23.2 Å². The molecule has 90 valence electrons. The maximum absolute atomic E-state index is 11.9. The summed E-state index contributed by atoms with van der Waals surface area (Å²) in [7, 11) is 0.